The minimum absolute atomic E-state index is 0.0744. The maximum absolute atomic E-state index is 6.07. The Bertz CT molecular complexity index is 312. The van der Waals surface area contributed by atoms with Crippen molar-refractivity contribution in [1.82, 2.24) is 4.90 Å². The molecule has 1 spiro atoms. The number of ether oxygens (including phenoxy) is 2. The fourth-order valence-corrected chi connectivity index (χ4v) is 3.47. The van der Waals surface area contributed by atoms with Crippen LogP contribution in [0.4, 0.5) is 0 Å². The average Bonchev–Trinajstić information content (AvgIpc) is 2.85. The summed E-state index contributed by atoms with van der Waals surface area (Å²) >= 11 is 0. The Balaban J connectivity index is 1.52. The van der Waals surface area contributed by atoms with E-state index in [9.17, 15) is 0 Å². The van der Waals surface area contributed by atoms with Gasteiger partial charge in [-0.1, -0.05) is 11.6 Å². The van der Waals surface area contributed by atoms with Crippen molar-refractivity contribution in [2.45, 2.75) is 38.2 Å². The number of likely N-dealkylation sites (tertiary alicyclic amines) is 1. The fourth-order valence-electron chi connectivity index (χ4n) is 3.47. The normalized spacial score (nSPS) is 32.7. The number of hydrogen-bond donors (Lipinski definition) is 0. The maximum atomic E-state index is 6.07. The van der Waals surface area contributed by atoms with Crippen molar-refractivity contribution in [3.05, 3.63) is 11.6 Å². The standard InChI is InChI=1S/C15H25NO2/c1-13-2-9-18-15(10-13)4-6-16(7-5-15)11-14-3-8-17-12-14/h10,14H,2-9,11-12H2,1H3. The predicted octanol–water partition coefficient (Wildman–Crippen LogP) is 2.22. The zero-order valence-corrected chi connectivity index (χ0v) is 11.5. The molecule has 1 atom stereocenters. The van der Waals surface area contributed by atoms with Crippen LogP contribution < -0.4 is 0 Å². The van der Waals surface area contributed by atoms with E-state index in [0.29, 0.717) is 0 Å². The number of rotatable bonds is 2. The highest BCUT2D eigenvalue weighted by Crippen LogP contribution is 2.33. The van der Waals surface area contributed by atoms with Gasteiger partial charge in [0.05, 0.1) is 18.8 Å². The summed E-state index contributed by atoms with van der Waals surface area (Å²) in [5, 5.41) is 0. The van der Waals surface area contributed by atoms with Crippen LogP contribution in [0.1, 0.15) is 32.6 Å². The molecule has 3 heterocycles. The summed E-state index contributed by atoms with van der Waals surface area (Å²) in [5.74, 6) is 0.767. The first-order valence-corrected chi connectivity index (χ1v) is 7.38. The summed E-state index contributed by atoms with van der Waals surface area (Å²) in [5.41, 5.74) is 1.59. The van der Waals surface area contributed by atoms with E-state index in [1.54, 1.807) is 0 Å². The Hall–Kier alpha value is -0.380. The molecule has 0 radical (unpaired) electrons. The second-order valence-electron chi connectivity index (χ2n) is 6.18. The number of hydrogen-bond acceptors (Lipinski definition) is 3. The zero-order chi connectivity index (χ0) is 12.4. The lowest BCUT2D eigenvalue weighted by molar-refractivity contribution is -0.0582. The van der Waals surface area contributed by atoms with Crippen molar-refractivity contribution in [1.29, 1.82) is 0 Å². The third-order valence-corrected chi connectivity index (χ3v) is 4.64. The van der Waals surface area contributed by atoms with Crippen LogP contribution in [-0.2, 0) is 9.47 Å². The van der Waals surface area contributed by atoms with Gasteiger partial charge in [0, 0.05) is 26.2 Å². The quantitative estimate of drug-likeness (QED) is 0.702. The predicted molar refractivity (Wildman–Crippen MR) is 71.7 cm³/mol. The minimum atomic E-state index is 0.0744. The van der Waals surface area contributed by atoms with Crippen LogP contribution in [0.5, 0.6) is 0 Å². The molecule has 0 aromatic carbocycles. The molecule has 3 aliphatic heterocycles. The fraction of sp³-hybridized carbons (Fsp3) is 0.867. The van der Waals surface area contributed by atoms with Gasteiger partial charge in [0.1, 0.15) is 0 Å². The summed E-state index contributed by atoms with van der Waals surface area (Å²) in [6, 6.07) is 0. The molecule has 2 saturated heterocycles. The minimum Gasteiger partial charge on any atom is -0.381 e. The monoisotopic (exact) mass is 251 g/mol. The van der Waals surface area contributed by atoms with Gasteiger partial charge in [-0.2, -0.15) is 0 Å². The molecule has 102 valence electrons. The second kappa shape index (κ2) is 5.32. The average molecular weight is 251 g/mol. The Morgan fingerprint density at radius 1 is 1.33 bits per heavy atom. The van der Waals surface area contributed by atoms with Crippen LogP contribution >= 0.6 is 0 Å². The Morgan fingerprint density at radius 2 is 2.17 bits per heavy atom. The van der Waals surface area contributed by atoms with Crippen LogP contribution in [0.3, 0.4) is 0 Å². The second-order valence-corrected chi connectivity index (χ2v) is 6.18. The maximum Gasteiger partial charge on any atom is 0.0889 e. The van der Waals surface area contributed by atoms with Crippen LogP contribution in [0.15, 0.2) is 11.6 Å². The van der Waals surface area contributed by atoms with Crippen LogP contribution in [-0.4, -0.2) is 50.0 Å². The van der Waals surface area contributed by atoms with Gasteiger partial charge in [0.25, 0.3) is 0 Å². The van der Waals surface area contributed by atoms with Gasteiger partial charge < -0.3 is 14.4 Å². The van der Waals surface area contributed by atoms with E-state index in [-0.39, 0.29) is 5.60 Å². The lowest BCUT2D eigenvalue weighted by atomic mass is 9.86. The molecule has 1 unspecified atom stereocenters. The van der Waals surface area contributed by atoms with Crippen molar-refractivity contribution in [3.8, 4) is 0 Å². The first-order chi connectivity index (χ1) is 8.76. The molecule has 2 fully saturated rings. The van der Waals surface area contributed by atoms with E-state index in [1.807, 2.05) is 0 Å². The third kappa shape index (κ3) is 2.79. The number of nitrogens with zero attached hydrogens (tertiary/aromatic N) is 1. The highest BCUT2D eigenvalue weighted by Gasteiger charge is 2.35. The first-order valence-electron chi connectivity index (χ1n) is 7.38. The molecule has 0 aromatic heterocycles. The number of piperidine rings is 1. The molecule has 3 aliphatic rings. The Labute approximate surface area is 110 Å². The van der Waals surface area contributed by atoms with Gasteiger partial charge in [-0.15, -0.1) is 0 Å². The van der Waals surface area contributed by atoms with Gasteiger partial charge >= 0.3 is 0 Å². The molecule has 3 nitrogen and oxygen atoms in total. The first kappa shape index (κ1) is 12.6. The van der Waals surface area contributed by atoms with Crippen molar-refractivity contribution in [3.63, 3.8) is 0 Å². The van der Waals surface area contributed by atoms with Gasteiger partial charge in [-0.05, 0) is 38.5 Å². The van der Waals surface area contributed by atoms with Crippen molar-refractivity contribution >= 4 is 0 Å². The largest absolute Gasteiger partial charge is 0.381 e. The molecular weight excluding hydrogens is 226 g/mol. The van der Waals surface area contributed by atoms with Crippen molar-refractivity contribution in [2.24, 2.45) is 5.92 Å². The lowest BCUT2D eigenvalue weighted by Gasteiger charge is -2.42. The van der Waals surface area contributed by atoms with Crippen LogP contribution in [0.25, 0.3) is 0 Å². The Morgan fingerprint density at radius 3 is 2.83 bits per heavy atom. The van der Waals surface area contributed by atoms with Crippen LogP contribution in [0.2, 0.25) is 0 Å². The summed E-state index contributed by atoms with van der Waals surface area (Å²) in [6.07, 6.45) is 7.09. The molecule has 0 saturated carbocycles. The molecular formula is C15H25NO2. The molecule has 3 heteroatoms. The molecule has 0 aliphatic carbocycles. The highest BCUT2D eigenvalue weighted by molar-refractivity contribution is 5.14. The summed E-state index contributed by atoms with van der Waals surface area (Å²) in [4.78, 5) is 2.60. The summed E-state index contributed by atoms with van der Waals surface area (Å²) in [7, 11) is 0. The zero-order valence-electron chi connectivity index (χ0n) is 11.5. The topological polar surface area (TPSA) is 21.7 Å². The van der Waals surface area contributed by atoms with Gasteiger partial charge in [0.15, 0.2) is 0 Å². The van der Waals surface area contributed by atoms with Crippen LogP contribution in [0, 0.1) is 5.92 Å². The van der Waals surface area contributed by atoms with E-state index in [0.717, 1.165) is 45.0 Å². The third-order valence-electron chi connectivity index (χ3n) is 4.64. The van der Waals surface area contributed by atoms with Crippen molar-refractivity contribution < 1.29 is 9.47 Å². The van der Waals surface area contributed by atoms with Gasteiger partial charge in [-0.25, -0.2) is 0 Å². The van der Waals surface area contributed by atoms with E-state index >= 15 is 0 Å². The van der Waals surface area contributed by atoms with Gasteiger partial charge in [-0.3, -0.25) is 0 Å². The molecule has 0 N–H and O–H groups in total. The summed E-state index contributed by atoms with van der Waals surface area (Å²) < 4.78 is 11.5. The summed E-state index contributed by atoms with van der Waals surface area (Å²) in [6.45, 7) is 8.68. The molecule has 0 amide bonds. The van der Waals surface area contributed by atoms with E-state index in [4.69, 9.17) is 9.47 Å². The molecule has 3 rings (SSSR count). The van der Waals surface area contributed by atoms with Crippen molar-refractivity contribution in [2.75, 3.05) is 39.5 Å². The molecule has 0 aromatic rings. The molecule has 18 heavy (non-hydrogen) atoms. The van der Waals surface area contributed by atoms with E-state index in [1.165, 1.54) is 31.6 Å². The highest BCUT2D eigenvalue weighted by atomic mass is 16.5. The SMILES string of the molecule is CC1=CC2(CCN(CC3CCOC3)CC2)OCC1. The molecule has 0 bridgehead atoms. The lowest BCUT2D eigenvalue weighted by Crippen LogP contribution is -2.47. The van der Waals surface area contributed by atoms with E-state index < -0.39 is 0 Å². The van der Waals surface area contributed by atoms with E-state index in [2.05, 4.69) is 17.9 Å². The Kier molecular flexibility index (Phi) is 3.73. The van der Waals surface area contributed by atoms with Gasteiger partial charge in [0.2, 0.25) is 0 Å². The smallest absolute Gasteiger partial charge is 0.0889 e.